The zero-order valence-electron chi connectivity index (χ0n) is 6.64. The van der Waals surface area contributed by atoms with E-state index in [1.165, 1.54) is 12.1 Å². The molecule has 0 unspecified atom stereocenters. The quantitative estimate of drug-likeness (QED) is 0.541. The second-order valence-electron chi connectivity index (χ2n) is 1.98. The summed E-state index contributed by atoms with van der Waals surface area (Å²) in [5.74, 6) is -0.687. The van der Waals surface area contributed by atoms with Gasteiger partial charge >= 0.3 is 0 Å². The number of carbonyl (C=O) groups excluding carboxylic acids is 1. The van der Waals surface area contributed by atoms with Crippen LogP contribution in [0.25, 0.3) is 0 Å². The third kappa shape index (κ3) is 3.62. The predicted octanol–water partition coefficient (Wildman–Crippen LogP) is 0.331. The van der Waals surface area contributed by atoms with Crippen LogP contribution >= 0.6 is 0 Å². The smallest absolute Gasteiger partial charge is 0.283 e. The maximum atomic E-state index is 10.5. The molecule has 68 valence electrons. The molecule has 0 atom stereocenters. The van der Waals surface area contributed by atoms with Gasteiger partial charge in [0.25, 0.3) is 12.2 Å². The summed E-state index contributed by atoms with van der Waals surface area (Å²) in [6.07, 6.45) is 0.750. The van der Waals surface area contributed by atoms with Gasteiger partial charge in [-0.05, 0) is 12.1 Å². The number of rotatable bonds is 1. The highest BCUT2D eigenvalue weighted by atomic mass is 16.3. The maximum Gasteiger partial charge on any atom is 0.283 e. The lowest BCUT2D eigenvalue weighted by Crippen LogP contribution is -2.10. The lowest BCUT2D eigenvalue weighted by molar-refractivity contribution is 0.0998. The Kier molecular flexibility index (Phi) is 4.51. The lowest BCUT2D eigenvalue weighted by atomic mass is 10.2. The van der Waals surface area contributed by atoms with E-state index in [9.17, 15) is 4.79 Å². The minimum atomic E-state index is -0.613. The number of nitriles is 1. The van der Waals surface area contributed by atoms with Crippen molar-refractivity contribution in [2.75, 3.05) is 0 Å². The van der Waals surface area contributed by atoms with Gasteiger partial charge in [0.05, 0.1) is 5.56 Å². The first-order chi connectivity index (χ1) is 6.13. The van der Waals surface area contributed by atoms with Crippen molar-refractivity contribution >= 4 is 5.91 Å². The number of para-hydroxylation sites is 1. The Balaban J connectivity index is 0.000000424. The van der Waals surface area contributed by atoms with Crippen LogP contribution in [-0.4, -0.2) is 16.1 Å². The summed E-state index contributed by atoms with van der Waals surface area (Å²) in [7, 11) is 0. The van der Waals surface area contributed by atoms with Crippen molar-refractivity contribution in [1.82, 2.24) is 0 Å². The number of phenols is 1. The van der Waals surface area contributed by atoms with Crippen LogP contribution in [0.1, 0.15) is 10.4 Å². The molecule has 0 aliphatic rings. The van der Waals surface area contributed by atoms with Crippen molar-refractivity contribution in [1.29, 1.82) is 5.26 Å². The molecule has 1 amide bonds. The topological polar surface area (TPSA) is 107 Å². The molecule has 0 bridgehead atoms. The maximum absolute atomic E-state index is 10.5. The fourth-order valence-corrected chi connectivity index (χ4v) is 0.682. The number of carbonyl (C=O) groups is 1. The molecule has 0 heterocycles. The fraction of sp³-hybridized carbons (Fsp3) is 0. The number of hydrogen-bond donors (Lipinski definition) is 3. The number of amides is 1. The van der Waals surface area contributed by atoms with Crippen molar-refractivity contribution in [3.8, 4) is 12.0 Å². The van der Waals surface area contributed by atoms with E-state index in [2.05, 4.69) is 0 Å². The number of nitrogens with zero attached hydrogens (tertiary/aromatic N) is 1. The van der Waals surface area contributed by atoms with Gasteiger partial charge in [0, 0.05) is 0 Å². The van der Waals surface area contributed by atoms with E-state index in [4.69, 9.17) is 21.2 Å². The van der Waals surface area contributed by atoms with Crippen LogP contribution in [0, 0.1) is 11.5 Å². The van der Waals surface area contributed by atoms with Gasteiger partial charge in [-0.3, -0.25) is 4.79 Å². The van der Waals surface area contributed by atoms with Crippen molar-refractivity contribution in [3.05, 3.63) is 29.8 Å². The van der Waals surface area contributed by atoms with Gasteiger partial charge in [-0.25, -0.2) is 0 Å². The molecule has 5 nitrogen and oxygen atoms in total. The molecule has 1 aromatic carbocycles. The van der Waals surface area contributed by atoms with Crippen molar-refractivity contribution in [3.63, 3.8) is 0 Å². The Morgan fingerprint density at radius 1 is 1.46 bits per heavy atom. The zero-order valence-corrected chi connectivity index (χ0v) is 6.64. The van der Waals surface area contributed by atoms with E-state index in [0.717, 1.165) is 6.26 Å². The molecule has 0 spiro atoms. The van der Waals surface area contributed by atoms with E-state index in [0.29, 0.717) is 0 Å². The Morgan fingerprint density at radius 3 is 2.23 bits per heavy atom. The molecule has 1 aromatic rings. The lowest BCUT2D eigenvalue weighted by Gasteiger charge is -1.96. The summed E-state index contributed by atoms with van der Waals surface area (Å²) in [5, 5.41) is 22.7. The third-order valence-electron chi connectivity index (χ3n) is 1.17. The summed E-state index contributed by atoms with van der Waals surface area (Å²) in [6, 6.07) is 6.15. The Hall–Kier alpha value is -2.22. The molecular formula is C8H8N2O3. The van der Waals surface area contributed by atoms with Gasteiger partial charge in [-0.2, -0.15) is 5.26 Å². The summed E-state index contributed by atoms with van der Waals surface area (Å²) in [6.45, 7) is 0. The van der Waals surface area contributed by atoms with Gasteiger partial charge in [0.1, 0.15) is 5.75 Å². The van der Waals surface area contributed by atoms with Crippen molar-refractivity contribution < 1.29 is 15.0 Å². The first kappa shape index (κ1) is 10.8. The van der Waals surface area contributed by atoms with Gasteiger partial charge in [-0.1, -0.05) is 12.1 Å². The van der Waals surface area contributed by atoms with Crippen LogP contribution in [0.2, 0.25) is 0 Å². The van der Waals surface area contributed by atoms with Gasteiger partial charge < -0.3 is 15.9 Å². The molecule has 0 aromatic heterocycles. The highest BCUT2D eigenvalue weighted by molar-refractivity contribution is 5.95. The molecule has 0 fully saturated rings. The van der Waals surface area contributed by atoms with Crippen molar-refractivity contribution in [2.45, 2.75) is 0 Å². The number of primary amides is 1. The number of nitrogens with two attached hydrogens (primary N) is 1. The van der Waals surface area contributed by atoms with Crippen LogP contribution in [0.5, 0.6) is 5.75 Å². The van der Waals surface area contributed by atoms with Gasteiger partial charge in [0.2, 0.25) is 0 Å². The third-order valence-corrected chi connectivity index (χ3v) is 1.17. The number of benzene rings is 1. The number of aliphatic hydroxyl groups is 1. The van der Waals surface area contributed by atoms with Crippen LogP contribution in [-0.2, 0) is 0 Å². The first-order valence-electron chi connectivity index (χ1n) is 3.24. The molecule has 13 heavy (non-hydrogen) atoms. The standard InChI is InChI=1S/C7H7NO2.CHNO/c8-7(10)5-3-1-2-4-6(5)9;2-1-3/h1-4,9H,(H2,8,10);3H. The van der Waals surface area contributed by atoms with E-state index < -0.39 is 5.91 Å². The van der Waals surface area contributed by atoms with Crippen LogP contribution < -0.4 is 5.73 Å². The number of aromatic hydroxyl groups is 1. The second-order valence-corrected chi connectivity index (χ2v) is 1.98. The Labute approximate surface area is 74.6 Å². The highest BCUT2D eigenvalue weighted by Crippen LogP contribution is 2.13. The summed E-state index contributed by atoms with van der Waals surface area (Å²) in [4.78, 5) is 10.5. The van der Waals surface area contributed by atoms with E-state index in [1.54, 1.807) is 12.1 Å². The predicted molar refractivity (Wildman–Crippen MR) is 44.2 cm³/mol. The molecule has 0 saturated carbocycles. The molecule has 5 heteroatoms. The summed E-state index contributed by atoms with van der Waals surface area (Å²) >= 11 is 0. The van der Waals surface area contributed by atoms with Gasteiger partial charge in [-0.15, -0.1) is 0 Å². The SMILES string of the molecule is N#CO.NC(=O)c1ccccc1O. The second kappa shape index (κ2) is 5.43. The molecule has 0 saturated heterocycles. The van der Waals surface area contributed by atoms with Crippen LogP contribution in [0.3, 0.4) is 0 Å². The monoisotopic (exact) mass is 180 g/mol. The molecular weight excluding hydrogens is 172 g/mol. The largest absolute Gasteiger partial charge is 0.507 e. The van der Waals surface area contributed by atoms with Crippen LogP contribution in [0.15, 0.2) is 24.3 Å². The number of aliphatic hydroxyl groups excluding tert-OH is 1. The average Bonchev–Trinajstić information content (AvgIpc) is 2.06. The average molecular weight is 180 g/mol. The molecule has 0 aliphatic carbocycles. The van der Waals surface area contributed by atoms with E-state index >= 15 is 0 Å². The normalized spacial score (nSPS) is 7.62. The van der Waals surface area contributed by atoms with Gasteiger partial charge in [0.15, 0.2) is 0 Å². The first-order valence-corrected chi connectivity index (χ1v) is 3.24. The zero-order chi connectivity index (χ0) is 10.3. The minimum Gasteiger partial charge on any atom is -0.507 e. The summed E-state index contributed by atoms with van der Waals surface area (Å²) in [5.41, 5.74) is 5.07. The molecule has 0 radical (unpaired) electrons. The molecule has 4 N–H and O–H groups in total. The fourth-order valence-electron chi connectivity index (χ4n) is 0.682. The summed E-state index contributed by atoms with van der Waals surface area (Å²) < 4.78 is 0. The Morgan fingerprint density at radius 2 is 1.92 bits per heavy atom. The Bertz CT molecular complexity index is 330. The molecule has 1 rings (SSSR count). The van der Waals surface area contributed by atoms with E-state index in [1.807, 2.05) is 0 Å². The minimum absolute atomic E-state index is 0.0741. The van der Waals surface area contributed by atoms with Crippen LogP contribution in [0.4, 0.5) is 0 Å². The highest BCUT2D eigenvalue weighted by Gasteiger charge is 2.03. The van der Waals surface area contributed by atoms with Crippen molar-refractivity contribution in [2.24, 2.45) is 5.73 Å². The van der Waals surface area contributed by atoms with E-state index in [-0.39, 0.29) is 11.3 Å². The number of hydrogen-bond acceptors (Lipinski definition) is 4. The molecule has 0 aliphatic heterocycles.